The molecule has 0 amide bonds. The molecule has 0 spiro atoms. The molecule has 2 aromatic heterocycles. The molecular weight excluding hydrogens is 448 g/mol. The fraction of sp³-hybridized carbons (Fsp3) is 0.333. The highest BCUT2D eigenvalue weighted by Gasteiger charge is 2.35. The van der Waals surface area contributed by atoms with E-state index in [1.807, 2.05) is 12.4 Å². The third-order valence-electron chi connectivity index (χ3n) is 7.78. The number of hydrogen-bond donors (Lipinski definition) is 0. The van der Waals surface area contributed by atoms with Gasteiger partial charge in [-0.2, -0.15) is 0 Å². The first-order chi connectivity index (χ1) is 17.3. The van der Waals surface area contributed by atoms with Crippen molar-refractivity contribution in [2.75, 3.05) is 0 Å². The number of carbonyl (C=O) groups excluding carboxylic acids is 2. The van der Waals surface area contributed by atoms with Crippen molar-refractivity contribution >= 4 is 11.8 Å². The van der Waals surface area contributed by atoms with Crippen LogP contribution >= 0.6 is 0 Å². The highest BCUT2D eigenvalue weighted by Crippen LogP contribution is 2.32. The fourth-order valence-corrected chi connectivity index (χ4v) is 5.42. The van der Waals surface area contributed by atoms with Gasteiger partial charge in [-0.1, -0.05) is 76.2 Å². The molecule has 2 aliphatic heterocycles. The van der Waals surface area contributed by atoms with E-state index in [1.165, 1.54) is 0 Å². The Kier molecular flexibility index (Phi) is 5.29. The molecular formula is C30H30N4O2. The van der Waals surface area contributed by atoms with Crippen LogP contribution in [0.3, 0.4) is 0 Å². The molecule has 0 radical (unpaired) electrons. The van der Waals surface area contributed by atoms with Gasteiger partial charge >= 0.3 is 0 Å². The lowest BCUT2D eigenvalue weighted by Crippen LogP contribution is -2.19. The zero-order chi connectivity index (χ0) is 25.1. The van der Waals surface area contributed by atoms with Gasteiger partial charge in [-0.3, -0.25) is 18.7 Å². The van der Waals surface area contributed by atoms with Gasteiger partial charge in [0.05, 0.1) is 11.4 Å². The summed E-state index contributed by atoms with van der Waals surface area (Å²) < 4.78 is 3.46. The maximum atomic E-state index is 12.7. The third kappa shape index (κ3) is 3.63. The Balaban J connectivity index is 1.18. The zero-order valence-corrected chi connectivity index (χ0v) is 21.1. The Morgan fingerprint density at radius 1 is 0.611 bits per heavy atom. The third-order valence-corrected chi connectivity index (χ3v) is 7.78. The second-order valence-electron chi connectivity index (χ2n) is 10.8. The number of aromatic nitrogens is 4. The van der Waals surface area contributed by atoms with Crippen LogP contribution in [0.15, 0.2) is 60.9 Å². The van der Waals surface area contributed by atoms with Crippen molar-refractivity contribution in [1.82, 2.24) is 19.1 Å². The van der Waals surface area contributed by atoms with Crippen LogP contribution in [0, 0.1) is 23.7 Å². The summed E-state index contributed by atoms with van der Waals surface area (Å²) in [5.41, 5.74) is 5.89. The monoisotopic (exact) mass is 478 g/mol. The normalized spacial score (nSPS) is 18.9. The van der Waals surface area contributed by atoms with Gasteiger partial charge in [0.15, 0.2) is 0 Å². The Morgan fingerprint density at radius 3 is 1.25 bits per heavy atom. The minimum atomic E-state index is 0.0347. The summed E-state index contributed by atoms with van der Waals surface area (Å²) in [6, 6.07) is 16.6. The molecule has 0 saturated carbocycles. The molecule has 182 valence electrons. The summed E-state index contributed by atoms with van der Waals surface area (Å²) in [7, 11) is 0. The second-order valence-corrected chi connectivity index (χ2v) is 10.8. The van der Waals surface area contributed by atoms with Crippen LogP contribution in [0.25, 0.3) is 33.6 Å². The topological polar surface area (TPSA) is 69.8 Å². The lowest BCUT2D eigenvalue weighted by molar-refractivity contribution is 0.0826. The van der Waals surface area contributed by atoms with Gasteiger partial charge in [0.25, 0.3) is 0 Å². The van der Waals surface area contributed by atoms with E-state index in [-0.39, 0.29) is 23.7 Å². The summed E-state index contributed by atoms with van der Waals surface area (Å²) >= 11 is 0. The number of carbonyl (C=O) groups is 2. The standard InChI is InChI=1S/C30H30N4O2/c1-17(2)23-13-27-31-25(15-33(27)29(23)35)21-9-5-19(6-10-21)20-7-11-22(12-8-20)26-16-34-28(32-26)14-24(18(3)4)30(34)36/h5-12,15-18,23-24H,13-14H2,1-4H3/t23-,24-/m1/s1. The molecule has 6 heteroatoms. The number of nitrogens with zero attached hydrogens (tertiary/aromatic N) is 4. The quantitative estimate of drug-likeness (QED) is 0.352. The summed E-state index contributed by atoms with van der Waals surface area (Å²) in [6.07, 6.45) is 5.18. The van der Waals surface area contributed by atoms with Gasteiger partial charge in [-0.25, -0.2) is 9.97 Å². The molecule has 2 aliphatic rings. The molecule has 4 aromatic rings. The largest absolute Gasteiger partial charge is 0.274 e. The molecule has 0 bridgehead atoms. The molecule has 2 atom stereocenters. The predicted molar refractivity (Wildman–Crippen MR) is 140 cm³/mol. The molecule has 6 nitrogen and oxygen atoms in total. The predicted octanol–water partition coefficient (Wildman–Crippen LogP) is 6.02. The summed E-state index contributed by atoms with van der Waals surface area (Å²) in [4.78, 5) is 34.8. The lowest BCUT2D eigenvalue weighted by atomic mass is 9.94. The first-order valence-electron chi connectivity index (χ1n) is 12.8. The molecule has 0 fully saturated rings. The van der Waals surface area contributed by atoms with E-state index in [0.717, 1.165) is 45.3 Å². The number of imidazole rings is 2. The molecule has 2 aromatic carbocycles. The van der Waals surface area contributed by atoms with Gasteiger partial charge in [0, 0.05) is 48.2 Å². The molecule has 0 unspecified atom stereocenters. The fourth-order valence-electron chi connectivity index (χ4n) is 5.42. The Hall–Kier alpha value is -3.80. The van der Waals surface area contributed by atoms with E-state index >= 15 is 0 Å². The minimum Gasteiger partial charge on any atom is -0.274 e. The Labute approximate surface area is 211 Å². The molecule has 36 heavy (non-hydrogen) atoms. The molecule has 0 N–H and O–H groups in total. The average molecular weight is 479 g/mol. The van der Waals surface area contributed by atoms with Crippen LogP contribution < -0.4 is 0 Å². The molecule has 4 heterocycles. The van der Waals surface area contributed by atoms with Crippen LogP contribution in [0.5, 0.6) is 0 Å². The Morgan fingerprint density at radius 2 is 0.944 bits per heavy atom. The van der Waals surface area contributed by atoms with Gasteiger partial charge in [0.1, 0.15) is 11.6 Å². The van der Waals surface area contributed by atoms with Crippen molar-refractivity contribution in [1.29, 1.82) is 0 Å². The van der Waals surface area contributed by atoms with E-state index < -0.39 is 0 Å². The summed E-state index contributed by atoms with van der Waals surface area (Å²) in [6.45, 7) is 8.36. The van der Waals surface area contributed by atoms with E-state index in [2.05, 4.69) is 76.2 Å². The first-order valence-corrected chi connectivity index (χ1v) is 12.8. The summed E-state index contributed by atoms with van der Waals surface area (Å²) in [5, 5.41) is 0. The SMILES string of the molecule is CC(C)[C@H]1Cc2nc(-c3ccc(-c4ccc(-c5cn6c(n5)C[C@H](C(C)C)C6=O)cc4)cc3)cn2C1=O. The van der Waals surface area contributed by atoms with Gasteiger partial charge < -0.3 is 0 Å². The van der Waals surface area contributed by atoms with Crippen molar-refractivity contribution in [2.45, 2.75) is 40.5 Å². The molecule has 6 rings (SSSR count). The van der Waals surface area contributed by atoms with E-state index in [1.54, 1.807) is 9.13 Å². The number of fused-ring (bicyclic) bond motifs is 2. The minimum absolute atomic E-state index is 0.0347. The number of benzene rings is 2. The van der Waals surface area contributed by atoms with Gasteiger partial charge in [-0.15, -0.1) is 0 Å². The van der Waals surface area contributed by atoms with Crippen LogP contribution in [0.1, 0.15) is 48.9 Å². The van der Waals surface area contributed by atoms with E-state index in [4.69, 9.17) is 9.97 Å². The number of hydrogen-bond acceptors (Lipinski definition) is 4. The highest BCUT2D eigenvalue weighted by molar-refractivity contribution is 5.87. The number of rotatable bonds is 5. The van der Waals surface area contributed by atoms with Crippen molar-refractivity contribution in [2.24, 2.45) is 23.7 Å². The van der Waals surface area contributed by atoms with Crippen LogP contribution in [-0.4, -0.2) is 30.9 Å². The Bertz CT molecular complexity index is 1360. The molecule has 0 aliphatic carbocycles. The van der Waals surface area contributed by atoms with Crippen molar-refractivity contribution in [3.63, 3.8) is 0 Å². The van der Waals surface area contributed by atoms with Crippen LogP contribution in [0.2, 0.25) is 0 Å². The maximum Gasteiger partial charge on any atom is 0.235 e. The molecule has 0 saturated heterocycles. The van der Waals surface area contributed by atoms with Gasteiger partial charge in [-0.05, 0) is 23.0 Å². The van der Waals surface area contributed by atoms with Crippen molar-refractivity contribution in [3.05, 3.63) is 72.6 Å². The second kappa shape index (κ2) is 8.40. The van der Waals surface area contributed by atoms with Crippen molar-refractivity contribution in [3.8, 4) is 33.6 Å². The van der Waals surface area contributed by atoms with Crippen molar-refractivity contribution < 1.29 is 9.59 Å². The first kappa shape index (κ1) is 22.7. The maximum absolute atomic E-state index is 12.7. The zero-order valence-electron chi connectivity index (χ0n) is 21.1. The van der Waals surface area contributed by atoms with E-state index in [0.29, 0.717) is 24.7 Å². The van der Waals surface area contributed by atoms with Crippen LogP contribution in [-0.2, 0) is 12.8 Å². The summed E-state index contributed by atoms with van der Waals surface area (Å²) in [5.74, 6) is 2.75. The lowest BCUT2D eigenvalue weighted by Gasteiger charge is -2.11. The van der Waals surface area contributed by atoms with Gasteiger partial charge in [0.2, 0.25) is 11.8 Å². The van der Waals surface area contributed by atoms with E-state index in [9.17, 15) is 9.59 Å². The average Bonchev–Trinajstić information content (AvgIpc) is 3.61. The smallest absolute Gasteiger partial charge is 0.235 e. The van der Waals surface area contributed by atoms with Crippen LogP contribution in [0.4, 0.5) is 0 Å². The highest BCUT2D eigenvalue weighted by atomic mass is 16.2.